The lowest BCUT2D eigenvalue weighted by Crippen LogP contribution is -1.97. The van der Waals surface area contributed by atoms with Crippen LogP contribution < -0.4 is 0 Å². The molecule has 2 nitrogen and oxygen atoms in total. The summed E-state index contributed by atoms with van der Waals surface area (Å²) in [5.41, 5.74) is 9.52. The zero-order chi connectivity index (χ0) is 23.7. The number of rotatable bonds is 4. The Hall–Kier alpha value is -4.69. The predicted molar refractivity (Wildman–Crippen MR) is 147 cm³/mol. The van der Waals surface area contributed by atoms with Gasteiger partial charge in [0.05, 0.1) is 17.4 Å². The van der Waals surface area contributed by atoms with Gasteiger partial charge < -0.3 is 4.98 Å². The number of imidazole rings is 1. The van der Waals surface area contributed by atoms with Crippen molar-refractivity contribution in [2.24, 2.45) is 0 Å². The van der Waals surface area contributed by atoms with E-state index in [9.17, 15) is 0 Å². The van der Waals surface area contributed by atoms with Crippen LogP contribution in [0.4, 0.5) is 0 Å². The fourth-order valence-corrected chi connectivity index (χ4v) is 4.21. The van der Waals surface area contributed by atoms with Gasteiger partial charge in [-0.3, -0.25) is 0 Å². The summed E-state index contributed by atoms with van der Waals surface area (Å²) in [6, 6.07) is 50.5. The molecule has 0 saturated carbocycles. The average molecular weight is 451 g/mol. The lowest BCUT2D eigenvalue weighted by Gasteiger charge is -2.18. The normalized spacial score (nSPS) is 10.3. The van der Waals surface area contributed by atoms with Gasteiger partial charge in [-0.05, 0) is 45.5 Å². The van der Waals surface area contributed by atoms with Crippen molar-refractivity contribution in [2.75, 3.05) is 0 Å². The third-order valence-corrected chi connectivity index (χ3v) is 5.83. The molecular weight excluding hydrogens is 424 g/mol. The molecule has 6 aromatic rings. The van der Waals surface area contributed by atoms with Crippen LogP contribution >= 0.6 is 0 Å². The van der Waals surface area contributed by atoms with E-state index < -0.39 is 0 Å². The molecule has 0 atom stereocenters. The van der Waals surface area contributed by atoms with Crippen LogP contribution in [-0.2, 0) is 0 Å². The second kappa shape index (κ2) is 11.0. The standard InChI is InChI=1S/C26H20.C7H6N2/c1-5-13-21(14-6-1)25(22-15-7-2-8-16-22)26(23-17-9-3-10-18-23)24-19-11-4-12-20-24;1-2-4-7-6(3-1)8-5-9-7/h1-20H;1-5H,(H,8,9). The third-order valence-electron chi connectivity index (χ3n) is 5.83. The Morgan fingerprint density at radius 3 is 1.11 bits per heavy atom. The van der Waals surface area contributed by atoms with Crippen LogP contribution in [0.3, 0.4) is 0 Å². The highest BCUT2D eigenvalue weighted by Crippen LogP contribution is 2.36. The van der Waals surface area contributed by atoms with Crippen molar-refractivity contribution in [3.63, 3.8) is 0 Å². The van der Waals surface area contributed by atoms with Crippen LogP contribution in [-0.4, -0.2) is 9.97 Å². The molecular formula is C33H26N2. The van der Waals surface area contributed by atoms with Gasteiger partial charge in [0.2, 0.25) is 0 Å². The summed E-state index contributed by atoms with van der Waals surface area (Å²) in [6.07, 6.45) is 1.70. The molecule has 0 saturated heterocycles. The smallest absolute Gasteiger partial charge is 0.0931 e. The first kappa shape index (κ1) is 22.1. The Morgan fingerprint density at radius 2 is 0.743 bits per heavy atom. The van der Waals surface area contributed by atoms with Gasteiger partial charge in [0.15, 0.2) is 0 Å². The van der Waals surface area contributed by atoms with Crippen LogP contribution in [0.5, 0.6) is 0 Å². The molecule has 5 aromatic carbocycles. The number of para-hydroxylation sites is 2. The molecule has 0 bridgehead atoms. The van der Waals surface area contributed by atoms with Crippen molar-refractivity contribution in [3.8, 4) is 0 Å². The van der Waals surface area contributed by atoms with Crippen LogP contribution in [0.1, 0.15) is 22.3 Å². The minimum atomic E-state index is 1.03. The molecule has 1 aromatic heterocycles. The molecule has 0 radical (unpaired) electrons. The highest BCUT2D eigenvalue weighted by Gasteiger charge is 2.15. The Morgan fingerprint density at radius 1 is 0.400 bits per heavy atom. The van der Waals surface area contributed by atoms with E-state index in [1.165, 1.54) is 33.4 Å². The molecule has 35 heavy (non-hydrogen) atoms. The molecule has 0 aliphatic heterocycles. The minimum absolute atomic E-state index is 1.03. The van der Waals surface area contributed by atoms with Crippen LogP contribution in [0, 0.1) is 0 Å². The van der Waals surface area contributed by atoms with Gasteiger partial charge in [0, 0.05) is 0 Å². The lowest BCUT2D eigenvalue weighted by molar-refractivity contribution is 1.34. The molecule has 0 aliphatic carbocycles. The summed E-state index contributed by atoms with van der Waals surface area (Å²) in [5, 5.41) is 0. The van der Waals surface area contributed by atoms with Gasteiger partial charge in [0.25, 0.3) is 0 Å². The Labute approximate surface area is 206 Å². The summed E-state index contributed by atoms with van der Waals surface area (Å²) in [5.74, 6) is 0. The van der Waals surface area contributed by atoms with Crippen molar-refractivity contribution in [1.82, 2.24) is 9.97 Å². The number of hydrogen-bond donors (Lipinski definition) is 1. The molecule has 0 spiro atoms. The maximum Gasteiger partial charge on any atom is 0.0931 e. The van der Waals surface area contributed by atoms with Gasteiger partial charge in [-0.25, -0.2) is 4.98 Å². The highest BCUT2D eigenvalue weighted by atomic mass is 14.9. The SMILES string of the molecule is c1ccc(C(=C(c2ccccc2)c2ccccc2)c2ccccc2)cc1.c1ccc2[nH]cnc2c1. The predicted octanol–water partition coefficient (Wildman–Crippen LogP) is 8.26. The van der Waals surface area contributed by atoms with Gasteiger partial charge in [0.1, 0.15) is 0 Å². The number of aromatic nitrogens is 2. The monoisotopic (exact) mass is 450 g/mol. The summed E-state index contributed by atoms with van der Waals surface area (Å²) >= 11 is 0. The van der Waals surface area contributed by atoms with E-state index in [0.29, 0.717) is 0 Å². The summed E-state index contributed by atoms with van der Waals surface area (Å²) in [6.45, 7) is 0. The zero-order valence-electron chi connectivity index (χ0n) is 19.4. The molecule has 0 unspecified atom stereocenters. The first-order valence-corrected chi connectivity index (χ1v) is 11.7. The van der Waals surface area contributed by atoms with E-state index in [-0.39, 0.29) is 0 Å². The molecule has 0 amide bonds. The van der Waals surface area contributed by atoms with Crippen LogP contribution in [0.15, 0.2) is 152 Å². The summed E-state index contributed by atoms with van der Waals surface area (Å²) in [7, 11) is 0. The quantitative estimate of drug-likeness (QED) is 0.269. The number of hydrogen-bond acceptors (Lipinski definition) is 1. The van der Waals surface area contributed by atoms with Crippen molar-refractivity contribution in [2.45, 2.75) is 0 Å². The Kier molecular flexibility index (Phi) is 6.92. The number of nitrogens with one attached hydrogen (secondary N) is 1. The molecule has 1 heterocycles. The van der Waals surface area contributed by atoms with Crippen LogP contribution in [0.25, 0.3) is 22.2 Å². The Balaban J connectivity index is 0.000000234. The number of H-pyrrole nitrogens is 1. The first-order chi connectivity index (χ1) is 17.4. The number of nitrogens with zero attached hydrogens (tertiary/aromatic N) is 1. The van der Waals surface area contributed by atoms with Crippen molar-refractivity contribution in [3.05, 3.63) is 174 Å². The average Bonchev–Trinajstić information content (AvgIpc) is 3.43. The second-order valence-corrected chi connectivity index (χ2v) is 8.13. The van der Waals surface area contributed by atoms with Gasteiger partial charge in [-0.2, -0.15) is 0 Å². The van der Waals surface area contributed by atoms with E-state index >= 15 is 0 Å². The van der Waals surface area contributed by atoms with Crippen LogP contribution in [0.2, 0.25) is 0 Å². The van der Waals surface area contributed by atoms with E-state index in [4.69, 9.17) is 0 Å². The van der Waals surface area contributed by atoms with Crippen molar-refractivity contribution < 1.29 is 0 Å². The second-order valence-electron chi connectivity index (χ2n) is 8.13. The van der Waals surface area contributed by atoms with E-state index in [0.717, 1.165) is 11.0 Å². The number of fused-ring (bicyclic) bond motifs is 1. The third kappa shape index (κ3) is 5.29. The largest absolute Gasteiger partial charge is 0.345 e. The van der Waals surface area contributed by atoms with E-state index in [1.807, 2.05) is 24.3 Å². The van der Waals surface area contributed by atoms with Gasteiger partial charge in [-0.1, -0.05) is 133 Å². The van der Waals surface area contributed by atoms with Crippen molar-refractivity contribution in [1.29, 1.82) is 0 Å². The highest BCUT2D eigenvalue weighted by molar-refractivity contribution is 6.04. The number of benzene rings is 5. The fourth-order valence-electron chi connectivity index (χ4n) is 4.21. The fraction of sp³-hybridized carbons (Fsp3) is 0. The van der Waals surface area contributed by atoms with E-state index in [1.54, 1.807) is 6.33 Å². The topological polar surface area (TPSA) is 28.7 Å². The molecule has 6 rings (SSSR count). The van der Waals surface area contributed by atoms with Gasteiger partial charge >= 0.3 is 0 Å². The summed E-state index contributed by atoms with van der Waals surface area (Å²) < 4.78 is 0. The molecule has 0 fully saturated rings. The maximum absolute atomic E-state index is 4.06. The lowest BCUT2D eigenvalue weighted by atomic mass is 9.86. The van der Waals surface area contributed by atoms with Crippen molar-refractivity contribution >= 4 is 22.2 Å². The summed E-state index contributed by atoms with van der Waals surface area (Å²) in [4.78, 5) is 7.07. The Bertz CT molecular complexity index is 1300. The zero-order valence-corrected chi connectivity index (χ0v) is 19.4. The molecule has 168 valence electrons. The first-order valence-electron chi connectivity index (χ1n) is 11.7. The molecule has 0 aliphatic rings. The molecule has 1 N–H and O–H groups in total. The maximum atomic E-state index is 4.06. The van der Waals surface area contributed by atoms with E-state index in [2.05, 4.69) is 131 Å². The minimum Gasteiger partial charge on any atom is -0.345 e. The molecule has 2 heteroatoms. The van der Waals surface area contributed by atoms with Gasteiger partial charge in [-0.15, -0.1) is 0 Å². The number of aromatic amines is 1.